The van der Waals surface area contributed by atoms with Gasteiger partial charge in [-0.15, -0.1) is 12.8 Å². The van der Waals surface area contributed by atoms with Gasteiger partial charge < -0.3 is 15.8 Å². The van der Waals surface area contributed by atoms with Gasteiger partial charge in [0.25, 0.3) is 0 Å². The summed E-state index contributed by atoms with van der Waals surface area (Å²) in [6, 6.07) is -0.327. The molecule has 1 aliphatic carbocycles. The molecular weight excluding hydrogens is 361 g/mol. The molecule has 0 aromatic carbocycles. The summed E-state index contributed by atoms with van der Waals surface area (Å²) < 4.78 is 20.9. The number of nitrogens with zero attached hydrogens (tertiary/aromatic N) is 1. The second-order valence-electron chi connectivity index (χ2n) is 7.72. The minimum Gasteiger partial charge on any atom is -0.461 e. The fourth-order valence-corrected chi connectivity index (χ4v) is 4.24. The second kappa shape index (κ2) is 11.9. The van der Waals surface area contributed by atoms with E-state index in [2.05, 4.69) is 28.8 Å². The predicted octanol–water partition coefficient (Wildman–Crippen LogP) is 1.97. The van der Waals surface area contributed by atoms with Crippen molar-refractivity contribution in [1.29, 1.82) is 0 Å². The Hall–Kier alpha value is -1.85. The summed E-state index contributed by atoms with van der Waals surface area (Å²) in [5, 5.41) is 6.99. The maximum absolute atomic E-state index is 15.3. The Kier molecular flexibility index (Phi) is 10.3. The molecular formula is C20H36FN5O2. The summed E-state index contributed by atoms with van der Waals surface area (Å²) in [4.78, 5) is 12.4. The van der Waals surface area contributed by atoms with Crippen molar-refractivity contribution in [1.82, 2.24) is 10.9 Å². The van der Waals surface area contributed by atoms with E-state index in [1.54, 1.807) is 0 Å². The number of hydrogen-bond acceptors (Lipinski definition) is 6. The van der Waals surface area contributed by atoms with Crippen molar-refractivity contribution in [3.8, 4) is 12.8 Å². The van der Waals surface area contributed by atoms with E-state index in [0.29, 0.717) is 43.9 Å². The average molecular weight is 398 g/mol. The number of nitrogens with two attached hydrogens (primary N) is 2. The Morgan fingerprint density at radius 1 is 1.39 bits per heavy atom. The fraction of sp³-hybridized carbons (Fsp3) is 0.800. The number of piperidine rings is 1. The Bertz CT molecular complexity index is 538. The van der Waals surface area contributed by atoms with Gasteiger partial charge in [-0.2, -0.15) is 5.10 Å². The highest BCUT2D eigenvalue weighted by Crippen LogP contribution is 2.44. The summed E-state index contributed by atoms with van der Waals surface area (Å²) in [6.07, 6.45) is 12.8. The van der Waals surface area contributed by atoms with E-state index < -0.39 is 5.67 Å². The minimum absolute atomic E-state index is 0.0351. The zero-order valence-electron chi connectivity index (χ0n) is 17.1. The molecule has 0 radical (unpaired) electrons. The quantitative estimate of drug-likeness (QED) is 0.124. The minimum atomic E-state index is -1.25. The molecule has 0 spiro atoms. The van der Waals surface area contributed by atoms with E-state index in [-0.39, 0.29) is 24.0 Å². The molecule has 4 atom stereocenters. The molecule has 3 unspecified atom stereocenters. The van der Waals surface area contributed by atoms with Crippen LogP contribution >= 0.6 is 0 Å². The Morgan fingerprint density at radius 3 is 2.68 bits per heavy atom. The van der Waals surface area contributed by atoms with Crippen molar-refractivity contribution in [2.45, 2.75) is 83.0 Å². The zero-order chi connectivity index (χ0) is 21.2. The van der Waals surface area contributed by atoms with Crippen molar-refractivity contribution < 1.29 is 13.9 Å². The first-order chi connectivity index (χ1) is 13.4. The van der Waals surface area contributed by atoms with Gasteiger partial charge in [0, 0.05) is 6.42 Å². The van der Waals surface area contributed by atoms with Gasteiger partial charge >= 0.3 is 5.97 Å². The number of amidine groups is 1. The molecule has 1 saturated carbocycles. The number of terminal acetylenes is 1. The predicted molar refractivity (Wildman–Crippen MR) is 110 cm³/mol. The van der Waals surface area contributed by atoms with Crippen LogP contribution in [0, 0.1) is 24.7 Å². The lowest BCUT2D eigenvalue weighted by atomic mass is 9.67. The number of carbonyl (C=O) groups is 1. The molecule has 0 aromatic heterocycles. The highest BCUT2D eigenvalue weighted by molar-refractivity contribution is 5.80. The number of halogens is 1. The number of hydrazone groups is 1. The first-order valence-corrected chi connectivity index (χ1v) is 10.1. The van der Waals surface area contributed by atoms with Crippen molar-refractivity contribution in [2.24, 2.45) is 28.5 Å². The highest BCUT2D eigenvalue weighted by atomic mass is 19.1. The third kappa shape index (κ3) is 6.95. The van der Waals surface area contributed by atoms with Crippen LogP contribution in [0.4, 0.5) is 4.39 Å². The van der Waals surface area contributed by atoms with Crippen molar-refractivity contribution >= 4 is 11.8 Å². The molecule has 6 N–H and O–H groups in total. The molecule has 28 heavy (non-hydrogen) atoms. The van der Waals surface area contributed by atoms with Crippen LogP contribution in [-0.4, -0.2) is 36.2 Å². The van der Waals surface area contributed by atoms with Crippen LogP contribution in [0.5, 0.6) is 0 Å². The van der Waals surface area contributed by atoms with Crippen molar-refractivity contribution in [3.63, 3.8) is 0 Å². The van der Waals surface area contributed by atoms with Gasteiger partial charge in [-0.3, -0.25) is 4.79 Å². The number of carbonyl (C=O) groups excluding carboxylic acids is 1. The molecule has 2 fully saturated rings. The summed E-state index contributed by atoms with van der Waals surface area (Å²) in [6.45, 7) is 4.78. The molecule has 0 aromatic rings. The molecule has 8 heteroatoms. The van der Waals surface area contributed by atoms with E-state index in [9.17, 15) is 4.79 Å². The monoisotopic (exact) mass is 397 g/mol. The summed E-state index contributed by atoms with van der Waals surface area (Å²) in [7, 11) is 0. The first kappa shape index (κ1) is 24.2. The molecule has 1 heterocycles. The molecule has 0 bridgehead atoms. The molecule has 1 saturated heterocycles. The lowest BCUT2D eigenvalue weighted by Gasteiger charge is -2.44. The van der Waals surface area contributed by atoms with E-state index in [4.69, 9.17) is 16.3 Å². The fourth-order valence-electron chi connectivity index (χ4n) is 4.24. The number of alkyl halides is 1. The van der Waals surface area contributed by atoms with Crippen LogP contribution in [0.25, 0.3) is 0 Å². The second-order valence-corrected chi connectivity index (χ2v) is 7.72. The lowest BCUT2D eigenvalue weighted by Crippen LogP contribution is -2.52. The third-order valence-electron chi connectivity index (χ3n) is 5.94. The van der Waals surface area contributed by atoms with E-state index in [1.165, 1.54) is 0 Å². The third-order valence-corrected chi connectivity index (χ3v) is 5.94. The molecule has 7 nitrogen and oxygen atoms in total. The smallest absolute Gasteiger partial charge is 0.323 e. The van der Waals surface area contributed by atoms with Crippen LogP contribution in [0.2, 0.25) is 0 Å². The van der Waals surface area contributed by atoms with Crippen LogP contribution in [-0.2, 0) is 9.53 Å². The number of fused-ring (bicyclic) bond motifs is 1. The number of ether oxygens (including phenoxy) is 1. The zero-order valence-corrected chi connectivity index (χ0v) is 17.1. The van der Waals surface area contributed by atoms with Crippen LogP contribution in [0.1, 0.15) is 65.2 Å². The highest BCUT2D eigenvalue weighted by Gasteiger charge is 2.44. The molecule has 2 aliphatic rings. The lowest BCUT2D eigenvalue weighted by molar-refractivity contribution is -0.154. The van der Waals surface area contributed by atoms with Crippen LogP contribution < -0.4 is 22.4 Å². The molecule has 2 rings (SSSR count). The van der Waals surface area contributed by atoms with Crippen molar-refractivity contribution in [2.75, 3.05) is 6.54 Å². The summed E-state index contributed by atoms with van der Waals surface area (Å²) in [5.74, 6) is 5.83. The number of hydrazine groups is 1. The Balaban J connectivity index is 0.00000190. The number of hydrogen-bond donors (Lipinski definition) is 4. The topological polar surface area (TPSA) is 115 Å². The van der Waals surface area contributed by atoms with Crippen LogP contribution in [0.3, 0.4) is 0 Å². The van der Waals surface area contributed by atoms with Gasteiger partial charge in [0.1, 0.15) is 23.7 Å². The van der Waals surface area contributed by atoms with Gasteiger partial charge in [0.15, 0.2) is 0 Å². The van der Waals surface area contributed by atoms with Gasteiger partial charge in [0.2, 0.25) is 0 Å². The largest absolute Gasteiger partial charge is 0.461 e. The summed E-state index contributed by atoms with van der Waals surface area (Å²) >= 11 is 0. The maximum Gasteiger partial charge on any atom is 0.323 e. The SMILES string of the molecule is C#C.CCC(CC)OC(=O)C1CC2C[C@@](F)(CC/C(N)=N/NN)CCC2CN1. The molecule has 160 valence electrons. The number of rotatable bonds is 8. The maximum atomic E-state index is 15.3. The molecule has 1 aliphatic heterocycles. The number of esters is 1. The summed E-state index contributed by atoms with van der Waals surface area (Å²) in [5.41, 5.74) is 6.58. The van der Waals surface area contributed by atoms with E-state index in [0.717, 1.165) is 25.8 Å². The van der Waals surface area contributed by atoms with Gasteiger partial charge in [0.05, 0.1) is 0 Å². The Labute approximate surface area is 168 Å². The average Bonchev–Trinajstić information content (AvgIpc) is 2.71. The molecule has 0 amide bonds. The van der Waals surface area contributed by atoms with Gasteiger partial charge in [-0.05, 0) is 63.3 Å². The normalized spacial score (nSPS) is 30.0. The number of nitrogens with one attached hydrogen (secondary N) is 2. The first-order valence-electron chi connectivity index (χ1n) is 10.1. The van der Waals surface area contributed by atoms with E-state index in [1.807, 2.05) is 13.8 Å². The van der Waals surface area contributed by atoms with Crippen molar-refractivity contribution in [3.05, 3.63) is 0 Å². The Morgan fingerprint density at radius 2 is 2.07 bits per heavy atom. The van der Waals surface area contributed by atoms with Crippen LogP contribution in [0.15, 0.2) is 5.10 Å². The standard InChI is InChI=1S/C18H34FN5O2.C2H2/c1-3-14(4-2)26-17(25)15-9-13-10-18(19,7-5-12(13)11-22-15)8-6-16(20)23-24-21;1-2/h12-15,22,24H,3-11,21H2,1-2H3,(H2,20,23);1-2H/t12?,13?,15?,18-;/m0./s1. The van der Waals surface area contributed by atoms with Gasteiger partial charge in [-0.1, -0.05) is 13.8 Å². The van der Waals surface area contributed by atoms with Gasteiger partial charge in [-0.25, -0.2) is 15.8 Å². The van der Waals surface area contributed by atoms with E-state index >= 15 is 4.39 Å².